The summed E-state index contributed by atoms with van der Waals surface area (Å²) >= 11 is 0. The molecular weight excluding hydrogens is 370 g/mol. The van der Waals surface area contributed by atoms with Crippen molar-refractivity contribution < 1.29 is 9.30 Å². The van der Waals surface area contributed by atoms with E-state index >= 15 is 0 Å². The molecule has 4 rings (SSSR count). The Kier molecular flexibility index (Phi) is 6.41. The van der Waals surface area contributed by atoms with Crippen molar-refractivity contribution in [1.29, 1.82) is 0 Å². The SMILES string of the molecule is CCCN(C)c1ccc(-c2cn(-c3ccc(OCC)cc3)c3[n+]2CCCCC3)cc1. The van der Waals surface area contributed by atoms with E-state index in [2.05, 4.69) is 82.7 Å². The Bertz CT molecular complexity index is 957. The largest absolute Gasteiger partial charge is 0.494 e. The highest BCUT2D eigenvalue weighted by molar-refractivity contribution is 5.61. The van der Waals surface area contributed by atoms with Gasteiger partial charge in [0.05, 0.1) is 13.2 Å². The average Bonchev–Trinajstić information content (AvgIpc) is 2.96. The van der Waals surface area contributed by atoms with Gasteiger partial charge in [-0.1, -0.05) is 6.92 Å². The molecule has 1 aliphatic rings. The molecule has 2 heterocycles. The van der Waals surface area contributed by atoms with E-state index < -0.39 is 0 Å². The minimum Gasteiger partial charge on any atom is -0.494 e. The standard InChI is InChI=1S/C26H34N3O/c1-4-18-27(3)22-12-10-21(11-13-22)25-20-29(26-9-7-6-8-19-28(25)26)23-14-16-24(17-15-23)30-5-2/h10-17,20H,4-9,18-19H2,1-3H3/q+1. The minimum atomic E-state index is 0.696. The third-order valence-electron chi connectivity index (χ3n) is 6.00. The maximum atomic E-state index is 5.63. The van der Waals surface area contributed by atoms with Gasteiger partial charge in [0, 0.05) is 31.3 Å². The Morgan fingerprint density at radius 3 is 2.43 bits per heavy atom. The number of nitrogens with zero attached hydrogens (tertiary/aromatic N) is 3. The van der Waals surface area contributed by atoms with E-state index in [1.807, 2.05) is 6.92 Å². The lowest BCUT2D eigenvalue weighted by molar-refractivity contribution is -0.692. The lowest BCUT2D eigenvalue weighted by atomic mass is 10.1. The molecule has 0 amide bonds. The van der Waals surface area contributed by atoms with Crippen molar-refractivity contribution in [3.63, 3.8) is 0 Å². The molecule has 0 spiro atoms. The highest BCUT2D eigenvalue weighted by atomic mass is 16.5. The third kappa shape index (κ3) is 4.23. The quantitative estimate of drug-likeness (QED) is 0.492. The zero-order valence-electron chi connectivity index (χ0n) is 18.6. The highest BCUT2D eigenvalue weighted by Gasteiger charge is 2.27. The fourth-order valence-corrected chi connectivity index (χ4v) is 4.45. The van der Waals surface area contributed by atoms with Gasteiger partial charge in [-0.05, 0) is 81.1 Å². The Labute approximate surface area is 180 Å². The van der Waals surface area contributed by atoms with Crippen LogP contribution in [0, 0.1) is 0 Å². The molecule has 2 aromatic carbocycles. The Hall–Kier alpha value is -2.75. The zero-order valence-corrected chi connectivity index (χ0v) is 18.6. The molecule has 0 fully saturated rings. The van der Waals surface area contributed by atoms with E-state index in [9.17, 15) is 0 Å². The topological polar surface area (TPSA) is 21.3 Å². The number of rotatable bonds is 7. The predicted molar refractivity (Wildman–Crippen MR) is 124 cm³/mol. The molecule has 0 saturated heterocycles. The normalized spacial score (nSPS) is 13.6. The lowest BCUT2D eigenvalue weighted by Gasteiger charge is -2.18. The Balaban J connectivity index is 1.72. The maximum Gasteiger partial charge on any atom is 0.262 e. The number of anilines is 1. The summed E-state index contributed by atoms with van der Waals surface area (Å²) in [6.07, 6.45) is 8.39. The lowest BCUT2D eigenvalue weighted by Crippen LogP contribution is -2.38. The first kappa shape index (κ1) is 20.5. The predicted octanol–water partition coefficient (Wildman–Crippen LogP) is 5.40. The minimum absolute atomic E-state index is 0.696. The van der Waals surface area contributed by atoms with Crippen LogP contribution in [0.5, 0.6) is 5.75 Å². The van der Waals surface area contributed by atoms with Crippen LogP contribution in [-0.2, 0) is 13.0 Å². The van der Waals surface area contributed by atoms with Crippen molar-refractivity contribution >= 4 is 5.69 Å². The van der Waals surface area contributed by atoms with Crippen molar-refractivity contribution in [3.05, 3.63) is 60.6 Å². The molecule has 0 unspecified atom stereocenters. The monoisotopic (exact) mass is 404 g/mol. The van der Waals surface area contributed by atoms with E-state index in [4.69, 9.17) is 4.74 Å². The number of fused-ring (bicyclic) bond motifs is 1. The van der Waals surface area contributed by atoms with E-state index in [-0.39, 0.29) is 0 Å². The molecule has 4 nitrogen and oxygen atoms in total. The molecule has 0 bridgehead atoms. The zero-order chi connectivity index (χ0) is 20.9. The molecule has 0 radical (unpaired) electrons. The van der Waals surface area contributed by atoms with Gasteiger partial charge in [-0.15, -0.1) is 0 Å². The summed E-state index contributed by atoms with van der Waals surface area (Å²) in [5.41, 5.74) is 5.08. The molecular formula is C26H34N3O+. The summed E-state index contributed by atoms with van der Waals surface area (Å²) in [7, 11) is 2.17. The maximum absolute atomic E-state index is 5.63. The molecule has 3 aromatic rings. The fourth-order valence-electron chi connectivity index (χ4n) is 4.45. The van der Waals surface area contributed by atoms with Crippen LogP contribution in [-0.4, -0.2) is 24.8 Å². The molecule has 1 aliphatic heterocycles. The second-order valence-corrected chi connectivity index (χ2v) is 8.16. The van der Waals surface area contributed by atoms with Gasteiger partial charge in [0.15, 0.2) is 5.69 Å². The first-order valence-electron chi connectivity index (χ1n) is 11.4. The van der Waals surface area contributed by atoms with Gasteiger partial charge in [0.1, 0.15) is 17.6 Å². The third-order valence-corrected chi connectivity index (χ3v) is 6.00. The van der Waals surface area contributed by atoms with Crippen LogP contribution in [0.15, 0.2) is 54.7 Å². The molecule has 30 heavy (non-hydrogen) atoms. The van der Waals surface area contributed by atoms with Gasteiger partial charge in [0.25, 0.3) is 5.82 Å². The molecule has 0 N–H and O–H groups in total. The molecule has 0 atom stereocenters. The number of hydrogen-bond donors (Lipinski definition) is 0. The molecule has 0 saturated carbocycles. The second-order valence-electron chi connectivity index (χ2n) is 8.16. The number of aromatic nitrogens is 2. The average molecular weight is 405 g/mol. The number of ether oxygens (including phenoxy) is 1. The molecule has 4 heteroatoms. The van der Waals surface area contributed by atoms with Crippen molar-refractivity contribution in [2.24, 2.45) is 0 Å². The first-order chi connectivity index (χ1) is 14.7. The number of imidazole rings is 1. The van der Waals surface area contributed by atoms with Crippen molar-refractivity contribution in [2.45, 2.75) is 52.5 Å². The van der Waals surface area contributed by atoms with Crippen LogP contribution in [0.1, 0.15) is 45.4 Å². The Morgan fingerprint density at radius 2 is 1.73 bits per heavy atom. The van der Waals surface area contributed by atoms with Gasteiger partial charge in [-0.3, -0.25) is 0 Å². The van der Waals surface area contributed by atoms with Crippen LogP contribution in [0.25, 0.3) is 16.9 Å². The van der Waals surface area contributed by atoms with Gasteiger partial charge in [-0.2, -0.15) is 4.57 Å². The summed E-state index contributed by atoms with van der Waals surface area (Å²) in [5.74, 6) is 2.33. The van der Waals surface area contributed by atoms with E-state index in [1.54, 1.807) is 0 Å². The van der Waals surface area contributed by atoms with Crippen molar-refractivity contribution in [3.8, 4) is 22.7 Å². The van der Waals surface area contributed by atoms with E-state index in [0.717, 1.165) is 31.7 Å². The van der Waals surface area contributed by atoms with Crippen LogP contribution < -0.4 is 14.2 Å². The fraction of sp³-hybridized carbons (Fsp3) is 0.423. The summed E-state index contributed by atoms with van der Waals surface area (Å²) in [6.45, 7) is 7.11. The van der Waals surface area contributed by atoms with Gasteiger partial charge in [-0.25, -0.2) is 4.57 Å². The van der Waals surface area contributed by atoms with Gasteiger partial charge >= 0.3 is 0 Å². The molecule has 158 valence electrons. The van der Waals surface area contributed by atoms with Crippen molar-refractivity contribution in [1.82, 2.24) is 4.57 Å². The molecule has 1 aromatic heterocycles. The van der Waals surface area contributed by atoms with E-state index in [0.29, 0.717) is 6.61 Å². The summed E-state index contributed by atoms with van der Waals surface area (Å²) < 4.78 is 10.6. The van der Waals surface area contributed by atoms with Gasteiger partial charge in [0.2, 0.25) is 0 Å². The van der Waals surface area contributed by atoms with Crippen LogP contribution >= 0.6 is 0 Å². The van der Waals surface area contributed by atoms with Gasteiger partial charge < -0.3 is 9.64 Å². The van der Waals surface area contributed by atoms with E-state index in [1.165, 1.54) is 47.7 Å². The first-order valence-corrected chi connectivity index (χ1v) is 11.4. The number of hydrogen-bond acceptors (Lipinski definition) is 2. The molecule has 0 aliphatic carbocycles. The Morgan fingerprint density at radius 1 is 0.967 bits per heavy atom. The second kappa shape index (κ2) is 9.38. The summed E-state index contributed by atoms with van der Waals surface area (Å²) in [6, 6.07) is 17.5. The van der Waals surface area contributed by atoms with Crippen LogP contribution in [0.4, 0.5) is 5.69 Å². The highest BCUT2D eigenvalue weighted by Crippen LogP contribution is 2.26. The summed E-state index contributed by atoms with van der Waals surface area (Å²) in [5, 5.41) is 0. The van der Waals surface area contributed by atoms with Crippen LogP contribution in [0.3, 0.4) is 0 Å². The number of benzene rings is 2. The van der Waals surface area contributed by atoms with Crippen molar-refractivity contribution in [2.75, 3.05) is 25.1 Å². The van der Waals surface area contributed by atoms with Crippen LogP contribution in [0.2, 0.25) is 0 Å². The smallest absolute Gasteiger partial charge is 0.262 e. The summed E-state index contributed by atoms with van der Waals surface area (Å²) in [4.78, 5) is 2.32.